The zero-order chi connectivity index (χ0) is 22.7. The number of sulfonamides is 1. The molecule has 0 saturated heterocycles. The number of amides is 2. The van der Waals surface area contributed by atoms with Crippen LogP contribution in [-0.2, 0) is 10.0 Å². The minimum Gasteiger partial charge on any atom is -0.349 e. The van der Waals surface area contributed by atoms with Crippen LogP contribution in [0.5, 0.6) is 0 Å². The van der Waals surface area contributed by atoms with Crippen molar-refractivity contribution in [2.75, 3.05) is 5.32 Å². The number of rotatable bonds is 7. The fourth-order valence-electron chi connectivity index (χ4n) is 3.95. The molecular formula is C24H29N3O4S. The van der Waals surface area contributed by atoms with Crippen molar-refractivity contribution in [2.45, 2.75) is 68.8 Å². The van der Waals surface area contributed by atoms with Gasteiger partial charge in [-0.05, 0) is 68.5 Å². The molecule has 0 atom stereocenters. The summed E-state index contributed by atoms with van der Waals surface area (Å²) in [4.78, 5) is 25.3. The molecule has 0 unspecified atom stereocenters. The Morgan fingerprint density at radius 2 is 1.62 bits per heavy atom. The summed E-state index contributed by atoms with van der Waals surface area (Å²) < 4.78 is 28.5. The second-order valence-electron chi connectivity index (χ2n) is 8.72. The van der Waals surface area contributed by atoms with Gasteiger partial charge in [0.15, 0.2) is 0 Å². The first-order valence-corrected chi connectivity index (χ1v) is 12.7. The summed E-state index contributed by atoms with van der Waals surface area (Å²) >= 11 is 0. The van der Waals surface area contributed by atoms with Gasteiger partial charge in [0.2, 0.25) is 10.0 Å². The minimum atomic E-state index is -3.71. The van der Waals surface area contributed by atoms with E-state index < -0.39 is 15.9 Å². The van der Waals surface area contributed by atoms with Crippen LogP contribution in [-0.4, -0.2) is 32.3 Å². The third-order valence-electron chi connectivity index (χ3n) is 5.99. The van der Waals surface area contributed by atoms with E-state index in [-0.39, 0.29) is 28.4 Å². The van der Waals surface area contributed by atoms with Crippen molar-refractivity contribution in [1.82, 2.24) is 10.0 Å². The molecule has 8 heteroatoms. The molecule has 2 aromatic carbocycles. The van der Waals surface area contributed by atoms with Gasteiger partial charge in [-0.2, -0.15) is 0 Å². The van der Waals surface area contributed by atoms with Crippen molar-refractivity contribution in [1.29, 1.82) is 0 Å². The molecule has 32 heavy (non-hydrogen) atoms. The lowest BCUT2D eigenvalue weighted by molar-refractivity contribution is 0.0949. The maximum Gasteiger partial charge on any atom is 0.255 e. The number of aryl methyl sites for hydroxylation is 1. The number of benzene rings is 2. The van der Waals surface area contributed by atoms with Crippen molar-refractivity contribution in [2.24, 2.45) is 0 Å². The van der Waals surface area contributed by atoms with Gasteiger partial charge >= 0.3 is 0 Å². The maximum atomic E-state index is 12.9. The number of carbonyl (C=O) groups is 2. The molecule has 0 aromatic heterocycles. The molecule has 0 spiro atoms. The number of hydrogen-bond acceptors (Lipinski definition) is 4. The van der Waals surface area contributed by atoms with E-state index in [1.807, 2.05) is 0 Å². The van der Waals surface area contributed by atoms with Gasteiger partial charge in [0.1, 0.15) is 0 Å². The van der Waals surface area contributed by atoms with Crippen LogP contribution in [0.3, 0.4) is 0 Å². The smallest absolute Gasteiger partial charge is 0.255 e. The second-order valence-corrected chi connectivity index (χ2v) is 10.4. The Morgan fingerprint density at radius 1 is 0.875 bits per heavy atom. The first-order valence-electron chi connectivity index (χ1n) is 11.2. The maximum absolute atomic E-state index is 12.9. The van der Waals surface area contributed by atoms with Crippen LogP contribution in [0.4, 0.5) is 5.69 Å². The van der Waals surface area contributed by atoms with Gasteiger partial charge in [-0.25, -0.2) is 13.1 Å². The SMILES string of the molecule is Cc1ccc(S(=O)(=O)NC2CCCCC2)cc1C(=O)Nc1cccc(C(=O)NC2CC2)c1. The second kappa shape index (κ2) is 9.42. The fraction of sp³-hybridized carbons (Fsp3) is 0.417. The van der Waals surface area contributed by atoms with Crippen molar-refractivity contribution >= 4 is 27.5 Å². The molecule has 2 aromatic rings. The highest BCUT2D eigenvalue weighted by Crippen LogP contribution is 2.23. The predicted octanol–water partition coefficient (Wildman–Crippen LogP) is 3.75. The van der Waals surface area contributed by atoms with Gasteiger partial charge in [-0.15, -0.1) is 0 Å². The molecule has 170 valence electrons. The van der Waals surface area contributed by atoms with E-state index in [4.69, 9.17) is 0 Å². The normalized spacial score (nSPS) is 17.0. The highest BCUT2D eigenvalue weighted by atomic mass is 32.2. The Balaban J connectivity index is 1.49. The Bertz CT molecular complexity index is 1120. The van der Waals surface area contributed by atoms with Crippen LogP contribution in [0.25, 0.3) is 0 Å². The molecule has 7 nitrogen and oxygen atoms in total. The van der Waals surface area contributed by atoms with Crippen LogP contribution in [0.15, 0.2) is 47.4 Å². The van der Waals surface area contributed by atoms with Crippen LogP contribution in [0.2, 0.25) is 0 Å². The standard InChI is InChI=1S/C24H29N3O4S/c1-16-10-13-21(32(30,31)27-19-7-3-2-4-8-19)15-22(16)24(29)26-20-9-5-6-17(14-20)23(28)25-18-11-12-18/h5-6,9-10,13-15,18-19,27H,2-4,7-8,11-12H2,1H3,(H,25,28)(H,26,29). The molecule has 3 N–H and O–H groups in total. The van der Waals surface area contributed by atoms with Gasteiger partial charge in [0.25, 0.3) is 11.8 Å². The number of hydrogen-bond donors (Lipinski definition) is 3. The molecule has 0 heterocycles. The van der Waals surface area contributed by atoms with Gasteiger partial charge in [0, 0.05) is 28.9 Å². The molecule has 0 bridgehead atoms. The van der Waals surface area contributed by atoms with Gasteiger partial charge < -0.3 is 10.6 Å². The van der Waals surface area contributed by atoms with E-state index in [0.717, 1.165) is 44.9 Å². The molecule has 4 rings (SSSR count). The van der Waals surface area contributed by atoms with Crippen LogP contribution in [0, 0.1) is 6.92 Å². The van der Waals surface area contributed by atoms with E-state index in [1.54, 1.807) is 37.3 Å². The van der Waals surface area contributed by atoms with Crippen molar-refractivity contribution in [3.05, 3.63) is 59.2 Å². The topological polar surface area (TPSA) is 104 Å². The number of anilines is 1. The predicted molar refractivity (Wildman–Crippen MR) is 123 cm³/mol. The number of carbonyl (C=O) groups excluding carboxylic acids is 2. The molecular weight excluding hydrogens is 426 g/mol. The summed E-state index contributed by atoms with van der Waals surface area (Å²) in [6.45, 7) is 1.76. The summed E-state index contributed by atoms with van der Waals surface area (Å²) in [6, 6.07) is 11.5. The molecule has 2 aliphatic rings. The Kier molecular flexibility index (Phi) is 6.62. The average molecular weight is 456 g/mol. The highest BCUT2D eigenvalue weighted by Gasteiger charge is 2.25. The largest absolute Gasteiger partial charge is 0.349 e. The highest BCUT2D eigenvalue weighted by molar-refractivity contribution is 7.89. The lowest BCUT2D eigenvalue weighted by Crippen LogP contribution is -2.36. The molecule has 2 fully saturated rings. The van der Waals surface area contributed by atoms with E-state index in [2.05, 4.69) is 15.4 Å². The lowest BCUT2D eigenvalue weighted by Gasteiger charge is -2.22. The quantitative estimate of drug-likeness (QED) is 0.591. The van der Waals surface area contributed by atoms with Crippen LogP contribution < -0.4 is 15.4 Å². The summed E-state index contributed by atoms with van der Waals surface area (Å²) in [7, 11) is -3.71. The zero-order valence-electron chi connectivity index (χ0n) is 18.2. The van der Waals surface area contributed by atoms with Crippen molar-refractivity contribution < 1.29 is 18.0 Å². The van der Waals surface area contributed by atoms with Gasteiger partial charge in [-0.1, -0.05) is 31.4 Å². The molecule has 2 aliphatic carbocycles. The van der Waals surface area contributed by atoms with Crippen molar-refractivity contribution in [3.63, 3.8) is 0 Å². The Labute approximate surface area is 189 Å². The monoisotopic (exact) mass is 455 g/mol. The molecule has 0 radical (unpaired) electrons. The first kappa shape index (κ1) is 22.5. The summed E-state index contributed by atoms with van der Waals surface area (Å²) in [5.41, 5.74) is 1.90. The molecule has 2 saturated carbocycles. The van der Waals surface area contributed by atoms with Crippen molar-refractivity contribution in [3.8, 4) is 0 Å². The zero-order valence-corrected chi connectivity index (χ0v) is 19.0. The van der Waals surface area contributed by atoms with E-state index in [1.165, 1.54) is 12.1 Å². The minimum absolute atomic E-state index is 0.0585. The van der Waals surface area contributed by atoms with Crippen LogP contribution in [0.1, 0.15) is 71.2 Å². The van der Waals surface area contributed by atoms with E-state index in [9.17, 15) is 18.0 Å². The summed E-state index contributed by atoms with van der Waals surface area (Å²) in [6.07, 6.45) is 6.84. The Hall–Kier alpha value is -2.71. The average Bonchev–Trinajstić information content (AvgIpc) is 3.58. The first-order chi connectivity index (χ1) is 15.3. The van der Waals surface area contributed by atoms with E-state index >= 15 is 0 Å². The third-order valence-corrected chi connectivity index (χ3v) is 7.50. The Morgan fingerprint density at radius 3 is 2.34 bits per heavy atom. The summed E-state index contributed by atoms with van der Waals surface area (Å²) in [5, 5.41) is 5.71. The number of nitrogens with one attached hydrogen (secondary N) is 3. The molecule has 2 amide bonds. The van der Waals surface area contributed by atoms with E-state index in [0.29, 0.717) is 16.8 Å². The van der Waals surface area contributed by atoms with Gasteiger partial charge in [-0.3, -0.25) is 9.59 Å². The van der Waals surface area contributed by atoms with Crippen LogP contribution >= 0.6 is 0 Å². The molecule has 0 aliphatic heterocycles. The third kappa shape index (κ3) is 5.55. The summed E-state index contributed by atoms with van der Waals surface area (Å²) in [5.74, 6) is -0.585. The fourth-order valence-corrected chi connectivity index (χ4v) is 5.28. The lowest BCUT2D eigenvalue weighted by atomic mass is 9.96. The van der Waals surface area contributed by atoms with Gasteiger partial charge in [0.05, 0.1) is 4.90 Å².